The van der Waals surface area contributed by atoms with Gasteiger partial charge in [-0.25, -0.2) is 4.98 Å². The molecule has 5 nitrogen and oxygen atoms in total. The largest absolute Gasteiger partial charge is 0.493 e. The third-order valence-corrected chi connectivity index (χ3v) is 4.62. The van der Waals surface area contributed by atoms with E-state index in [1.54, 1.807) is 13.3 Å². The van der Waals surface area contributed by atoms with Crippen LogP contribution in [0, 0.1) is 0 Å². The molecule has 2 aromatic rings. The average molecular weight is 356 g/mol. The highest BCUT2D eigenvalue weighted by Gasteiger charge is 2.14. The molecule has 0 aliphatic carbocycles. The van der Waals surface area contributed by atoms with E-state index in [4.69, 9.17) is 17.0 Å². The predicted octanol–water partition coefficient (Wildman–Crippen LogP) is 2.83. The normalized spacial score (nSPS) is 13.8. The molecule has 132 valence electrons. The average Bonchev–Trinajstić information content (AvgIpc) is 2.65. The first-order valence-corrected chi connectivity index (χ1v) is 9.00. The van der Waals surface area contributed by atoms with Crippen molar-refractivity contribution in [2.24, 2.45) is 0 Å². The highest BCUT2D eigenvalue weighted by atomic mass is 32.1. The fraction of sp³-hybridized carbons (Fsp3) is 0.368. The van der Waals surface area contributed by atoms with Crippen LogP contribution in [-0.4, -0.2) is 41.7 Å². The molecule has 1 aliphatic rings. The van der Waals surface area contributed by atoms with Crippen molar-refractivity contribution in [3.63, 3.8) is 0 Å². The van der Waals surface area contributed by atoms with E-state index in [-0.39, 0.29) is 0 Å². The third kappa shape index (κ3) is 4.90. The minimum atomic E-state index is 0.570. The first-order valence-electron chi connectivity index (χ1n) is 8.59. The molecule has 1 aromatic carbocycles. The van der Waals surface area contributed by atoms with Gasteiger partial charge in [0, 0.05) is 32.4 Å². The summed E-state index contributed by atoms with van der Waals surface area (Å²) in [5.41, 5.74) is 2.95. The van der Waals surface area contributed by atoms with Crippen molar-refractivity contribution in [2.75, 3.05) is 32.1 Å². The maximum Gasteiger partial charge on any atom is 0.174 e. The molecule has 1 aliphatic heterocycles. The molecule has 3 rings (SSSR count). The number of fused-ring (bicyclic) bond motifs is 1. The van der Waals surface area contributed by atoms with E-state index in [9.17, 15) is 0 Å². The lowest BCUT2D eigenvalue weighted by Gasteiger charge is -2.28. The molecule has 0 saturated carbocycles. The van der Waals surface area contributed by atoms with E-state index in [0.717, 1.165) is 39.0 Å². The van der Waals surface area contributed by atoms with E-state index in [1.807, 2.05) is 12.1 Å². The van der Waals surface area contributed by atoms with Crippen molar-refractivity contribution in [3.8, 4) is 5.75 Å². The molecule has 2 heterocycles. The fourth-order valence-corrected chi connectivity index (χ4v) is 3.25. The quantitative estimate of drug-likeness (QED) is 0.613. The molecule has 0 bridgehead atoms. The number of anilines is 1. The number of benzene rings is 1. The molecule has 1 aromatic heterocycles. The highest BCUT2D eigenvalue weighted by molar-refractivity contribution is 7.80. The Kier molecular flexibility index (Phi) is 6.19. The van der Waals surface area contributed by atoms with E-state index in [1.165, 1.54) is 11.1 Å². The van der Waals surface area contributed by atoms with Crippen LogP contribution >= 0.6 is 12.2 Å². The number of pyridine rings is 1. The Morgan fingerprint density at radius 1 is 1.24 bits per heavy atom. The fourth-order valence-electron chi connectivity index (χ4n) is 3.05. The van der Waals surface area contributed by atoms with E-state index < -0.39 is 0 Å². The maximum atomic E-state index is 5.33. The third-order valence-electron chi connectivity index (χ3n) is 4.37. The first kappa shape index (κ1) is 17.6. The summed E-state index contributed by atoms with van der Waals surface area (Å²) in [6.45, 7) is 4.07. The smallest absolute Gasteiger partial charge is 0.174 e. The minimum absolute atomic E-state index is 0.570. The molecular formula is C19H24N4OS. The number of thiocarbonyl (C=S) groups is 1. The molecule has 0 fully saturated rings. The van der Waals surface area contributed by atoms with Crippen LogP contribution in [0.15, 0.2) is 42.6 Å². The summed E-state index contributed by atoms with van der Waals surface area (Å²) in [7, 11) is 1.62. The maximum absolute atomic E-state index is 5.33. The second-order valence-corrected chi connectivity index (χ2v) is 6.49. The van der Waals surface area contributed by atoms with E-state index >= 15 is 0 Å². The zero-order chi connectivity index (χ0) is 17.5. The lowest BCUT2D eigenvalue weighted by molar-refractivity contribution is 0.251. The summed E-state index contributed by atoms with van der Waals surface area (Å²) < 4.78 is 5.26. The van der Waals surface area contributed by atoms with Gasteiger partial charge in [0.05, 0.1) is 7.11 Å². The van der Waals surface area contributed by atoms with Crippen molar-refractivity contribution in [1.29, 1.82) is 0 Å². The second kappa shape index (κ2) is 8.78. The van der Waals surface area contributed by atoms with Gasteiger partial charge in [0.25, 0.3) is 0 Å². The molecule has 0 unspecified atom stereocenters. The van der Waals surface area contributed by atoms with Gasteiger partial charge < -0.3 is 15.4 Å². The van der Waals surface area contributed by atoms with Crippen LogP contribution in [0.4, 0.5) is 5.82 Å². The molecule has 0 amide bonds. The number of hydrogen-bond donors (Lipinski definition) is 2. The molecule has 0 atom stereocenters. The SMILES string of the molecule is COc1cccnc1NC(=S)NCCCN1CCc2ccccc2C1. The lowest BCUT2D eigenvalue weighted by Crippen LogP contribution is -2.35. The Balaban J connectivity index is 1.38. The number of aromatic nitrogens is 1. The Hall–Kier alpha value is -2.18. The van der Waals surface area contributed by atoms with Crippen LogP contribution in [0.25, 0.3) is 0 Å². The summed E-state index contributed by atoms with van der Waals surface area (Å²) in [6, 6.07) is 12.4. The van der Waals surface area contributed by atoms with Crippen LogP contribution in [0.2, 0.25) is 0 Å². The van der Waals surface area contributed by atoms with Gasteiger partial charge in [-0.2, -0.15) is 0 Å². The molecule has 0 radical (unpaired) electrons. The highest BCUT2D eigenvalue weighted by Crippen LogP contribution is 2.20. The van der Waals surface area contributed by atoms with Crippen LogP contribution in [0.3, 0.4) is 0 Å². The van der Waals surface area contributed by atoms with Gasteiger partial charge in [0.2, 0.25) is 0 Å². The Morgan fingerprint density at radius 2 is 2.08 bits per heavy atom. The lowest BCUT2D eigenvalue weighted by atomic mass is 10.00. The van der Waals surface area contributed by atoms with Gasteiger partial charge >= 0.3 is 0 Å². The van der Waals surface area contributed by atoms with Gasteiger partial charge in [0.15, 0.2) is 16.7 Å². The molecule has 0 saturated heterocycles. The summed E-state index contributed by atoms with van der Waals surface area (Å²) in [5, 5.41) is 6.89. The number of nitrogens with zero attached hydrogens (tertiary/aromatic N) is 2. The summed E-state index contributed by atoms with van der Waals surface area (Å²) in [5.74, 6) is 1.31. The van der Waals surface area contributed by atoms with Crippen molar-refractivity contribution >= 4 is 23.1 Å². The monoisotopic (exact) mass is 356 g/mol. The number of methoxy groups -OCH3 is 1. The number of rotatable bonds is 6. The van der Waals surface area contributed by atoms with Crippen LogP contribution in [-0.2, 0) is 13.0 Å². The molecule has 6 heteroatoms. The van der Waals surface area contributed by atoms with Crippen LogP contribution < -0.4 is 15.4 Å². The zero-order valence-electron chi connectivity index (χ0n) is 14.5. The van der Waals surface area contributed by atoms with Gasteiger partial charge in [-0.05, 0) is 48.3 Å². The molecule has 2 N–H and O–H groups in total. The van der Waals surface area contributed by atoms with Gasteiger partial charge in [0.1, 0.15) is 0 Å². The summed E-state index contributed by atoms with van der Waals surface area (Å²) in [4.78, 5) is 6.74. The van der Waals surface area contributed by atoms with Crippen molar-refractivity contribution in [1.82, 2.24) is 15.2 Å². The van der Waals surface area contributed by atoms with Gasteiger partial charge in [-0.15, -0.1) is 0 Å². The Morgan fingerprint density at radius 3 is 2.92 bits per heavy atom. The van der Waals surface area contributed by atoms with Crippen molar-refractivity contribution in [2.45, 2.75) is 19.4 Å². The number of nitrogens with one attached hydrogen (secondary N) is 2. The number of ether oxygens (including phenoxy) is 1. The summed E-state index contributed by atoms with van der Waals surface area (Å²) in [6.07, 6.45) is 3.90. The standard InChI is InChI=1S/C19H24N4OS/c1-24-17-8-4-10-20-18(17)22-19(25)21-11-5-12-23-13-9-15-6-2-3-7-16(15)14-23/h2-4,6-8,10H,5,9,11-14H2,1H3,(H2,20,21,22,25). The van der Waals surface area contributed by atoms with Crippen molar-refractivity contribution < 1.29 is 4.74 Å². The predicted molar refractivity (Wildman–Crippen MR) is 105 cm³/mol. The second-order valence-electron chi connectivity index (χ2n) is 6.08. The molecular weight excluding hydrogens is 332 g/mol. The Bertz CT molecular complexity index is 722. The van der Waals surface area contributed by atoms with Crippen molar-refractivity contribution in [3.05, 3.63) is 53.7 Å². The number of hydrogen-bond acceptors (Lipinski definition) is 4. The zero-order valence-corrected chi connectivity index (χ0v) is 15.3. The topological polar surface area (TPSA) is 49.4 Å². The molecule has 0 spiro atoms. The Labute approximate surface area is 154 Å². The first-order chi connectivity index (χ1) is 12.3. The van der Waals surface area contributed by atoms with Crippen LogP contribution in [0.1, 0.15) is 17.5 Å². The van der Waals surface area contributed by atoms with Gasteiger partial charge in [-0.3, -0.25) is 4.90 Å². The minimum Gasteiger partial charge on any atom is -0.493 e. The summed E-state index contributed by atoms with van der Waals surface area (Å²) >= 11 is 5.33. The van der Waals surface area contributed by atoms with E-state index in [2.05, 4.69) is 44.8 Å². The van der Waals surface area contributed by atoms with E-state index in [0.29, 0.717) is 16.7 Å². The van der Waals surface area contributed by atoms with Gasteiger partial charge in [-0.1, -0.05) is 24.3 Å². The molecule has 25 heavy (non-hydrogen) atoms. The van der Waals surface area contributed by atoms with Crippen LogP contribution in [0.5, 0.6) is 5.75 Å².